The van der Waals surface area contributed by atoms with E-state index in [1.54, 1.807) is 6.20 Å². The van der Waals surface area contributed by atoms with Crippen molar-refractivity contribution < 1.29 is 4.74 Å². The molecule has 4 nitrogen and oxygen atoms in total. The SMILES string of the molecule is Cc1ccc2c(n1)Oc1ncccc1N2c1c(C)cc(C(C)(C)C)cc1C. The minimum atomic E-state index is 0.106. The summed E-state index contributed by atoms with van der Waals surface area (Å²) in [7, 11) is 0. The summed E-state index contributed by atoms with van der Waals surface area (Å²) in [5.74, 6) is 1.18. The molecule has 1 aromatic carbocycles. The molecule has 1 aliphatic rings. The van der Waals surface area contributed by atoms with Crippen molar-refractivity contribution in [1.29, 1.82) is 0 Å². The molecule has 27 heavy (non-hydrogen) atoms. The van der Waals surface area contributed by atoms with E-state index in [1.165, 1.54) is 16.7 Å². The van der Waals surface area contributed by atoms with Crippen LogP contribution < -0.4 is 9.64 Å². The lowest BCUT2D eigenvalue weighted by Crippen LogP contribution is -2.20. The summed E-state index contributed by atoms with van der Waals surface area (Å²) in [4.78, 5) is 11.3. The first-order valence-corrected chi connectivity index (χ1v) is 9.28. The zero-order valence-electron chi connectivity index (χ0n) is 16.8. The first-order chi connectivity index (χ1) is 12.8. The van der Waals surface area contributed by atoms with Gasteiger partial charge in [0.05, 0.1) is 5.69 Å². The maximum absolute atomic E-state index is 6.00. The number of hydrogen-bond acceptors (Lipinski definition) is 4. The molecule has 0 aliphatic carbocycles. The molecule has 0 N–H and O–H groups in total. The smallest absolute Gasteiger partial charge is 0.245 e. The fourth-order valence-corrected chi connectivity index (χ4v) is 3.61. The third kappa shape index (κ3) is 2.95. The van der Waals surface area contributed by atoms with Crippen molar-refractivity contribution in [2.24, 2.45) is 0 Å². The highest BCUT2D eigenvalue weighted by atomic mass is 16.5. The molecule has 138 valence electrons. The predicted molar refractivity (Wildman–Crippen MR) is 110 cm³/mol. The number of fused-ring (bicyclic) bond motifs is 2. The normalized spacial score (nSPS) is 13.0. The molecule has 2 aromatic heterocycles. The number of hydrogen-bond donors (Lipinski definition) is 0. The van der Waals surface area contributed by atoms with E-state index >= 15 is 0 Å². The van der Waals surface area contributed by atoms with Crippen molar-refractivity contribution in [2.75, 3.05) is 4.90 Å². The maximum atomic E-state index is 6.00. The number of benzene rings is 1. The van der Waals surface area contributed by atoms with E-state index in [9.17, 15) is 0 Å². The number of aryl methyl sites for hydroxylation is 3. The molecular formula is C23H25N3O. The lowest BCUT2D eigenvalue weighted by molar-refractivity contribution is 0.438. The lowest BCUT2D eigenvalue weighted by atomic mass is 9.84. The molecule has 0 atom stereocenters. The molecule has 0 bridgehead atoms. The zero-order valence-corrected chi connectivity index (χ0v) is 16.8. The second kappa shape index (κ2) is 6.08. The quantitative estimate of drug-likeness (QED) is 0.401. The largest absolute Gasteiger partial charge is 0.416 e. The maximum Gasteiger partial charge on any atom is 0.245 e. The van der Waals surface area contributed by atoms with E-state index in [2.05, 4.69) is 67.7 Å². The number of anilines is 3. The van der Waals surface area contributed by atoms with Crippen LogP contribution in [-0.2, 0) is 5.41 Å². The Hall–Kier alpha value is -2.88. The predicted octanol–water partition coefficient (Wildman–Crippen LogP) is 6.27. The monoisotopic (exact) mass is 359 g/mol. The summed E-state index contributed by atoms with van der Waals surface area (Å²) < 4.78 is 6.00. The Balaban J connectivity index is 1.97. The van der Waals surface area contributed by atoms with Crippen molar-refractivity contribution in [3.63, 3.8) is 0 Å². The molecule has 0 radical (unpaired) electrons. The van der Waals surface area contributed by atoms with Crippen molar-refractivity contribution in [3.05, 3.63) is 65.0 Å². The van der Waals surface area contributed by atoms with E-state index in [4.69, 9.17) is 4.74 Å². The summed E-state index contributed by atoms with van der Waals surface area (Å²) in [6.45, 7) is 13.1. The second-order valence-corrected chi connectivity index (χ2v) is 8.25. The minimum Gasteiger partial charge on any atom is -0.416 e. The molecule has 3 heterocycles. The van der Waals surface area contributed by atoms with Gasteiger partial charge in [0.15, 0.2) is 0 Å². The molecule has 4 rings (SSSR count). The second-order valence-electron chi connectivity index (χ2n) is 8.25. The average Bonchev–Trinajstić information content (AvgIpc) is 2.59. The molecule has 1 aliphatic heterocycles. The Morgan fingerprint density at radius 2 is 1.56 bits per heavy atom. The molecule has 0 saturated heterocycles. The van der Waals surface area contributed by atoms with E-state index < -0.39 is 0 Å². The van der Waals surface area contributed by atoms with Gasteiger partial charge >= 0.3 is 0 Å². The van der Waals surface area contributed by atoms with Gasteiger partial charge in [-0.2, -0.15) is 0 Å². The van der Waals surface area contributed by atoms with Crippen LogP contribution in [0.4, 0.5) is 17.1 Å². The Kier molecular flexibility index (Phi) is 3.95. The van der Waals surface area contributed by atoms with Crippen LogP contribution in [-0.4, -0.2) is 9.97 Å². The van der Waals surface area contributed by atoms with Gasteiger partial charge in [-0.1, -0.05) is 32.9 Å². The van der Waals surface area contributed by atoms with E-state index in [0.717, 1.165) is 22.8 Å². The summed E-state index contributed by atoms with van der Waals surface area (Å²) in [5.41, 5.74) is 7.85. The fourth-order valence-electron chi connectivity index (χ4n) is 3.61. The van der Waals surface area contributed by atoms with Crippen LogP contribution in [0.1, 0.15) is 43.2 Å². The number of rotatable bonds is 1. The van der Waals surface area contributed by atoms with E-state index in [-0.39, 0.29) is 5.41 Å². The van der Waals surface area contributed by atoms with Crippen LogP contribution in [0.5, 0.6) is 11.8 Å². The minimum absolute atomic E-state index is 0.106. The van der Waals surface area contributed by atoms with Crippen molar-refractivity contribution in [3.8, 4) is 11.8 Å². The van der Waals surface area contributed by atoms with E-state index in [1.807, 2.05) is 25.1 Å². The summed E-state index contributed by atoms with van der Waals surface area (Å²) >= 11 is 0. The molecule has 0 unspecified atom stereocenters. The Morgan fingerprint density at radius 3 is 2.22 bits per heavy atom. The molecular weight excluding hydrogens is 334 g/mol. The zero-order chi connectivity index (χ0) is 19.3. The highest BCUT2D eigenvalue weighted by molar-refractivity contribution is 5.87. The Bertz CT molecular complexity index is 1010. The topological polar surface area (TPSA) is 38.3 Å². The van der Waals surface area contributed by atoms with Crippen molar-refractivity contribution >= 4 is 17.1 Å². The van der Waals surface area contributed by atoms with Gasteiger partial charge < -0.3 is 9.64 Å². The molecule has 4 heteroatoms. The van der Waals surface area contributed by atoms with Gasteiger partial charge in [0.2, 0.25) is 11.8 Å². The number of pyridine rings is 2. The van der Waals surface area contributed by atoms with Crippen LogP contribution in [0.3, 0.4) is 0 Å². The van der Waals surface area contributed by atoms with Crippen molar-refractivity contribution in [2.45, 2.75) is 47.0 Å². The summed E-state index contributed by atoms with van der Waals surface area (Å²) in [5, 5.41) is 0. The third-order valence-corrected chi connectivity index (χ3v) is 4.99. The average molecular weight is 359 g/mol. The molecule has 3 aromatic rings. The van der Waals surface area contributed by atoms with Gasteiger partial charge in [-0.15, -0.1) is 0 Å². The van der Waals surface area contributed by atoms with Gasteiger partial charge in [0.1, 0.15) is 11.4 Å². The first-order valence-electron chi connectivity index (χ1n) is 9.28. The van der Waals surface area contributed by atoms with Crippen LogP contribution >= 0.6 is 0 Å². The fraction of sp³-hybridized carbons (Fsp3) is 0.304. The number of ether oxygens (including phenoxy) is 1. The third-order valence-electron chi connectivity index (χ3n) is 4.99. The summed E-state index contributed by atoms with van der Waals surface area (Å²) in [6.07, 6.45) is 1.75. The van der Waals surface area contributed by atoms with Gasteiger partial charge in [-0.05, 0) is 67.1 Å². The summed E-state index contributed by atoms with van der Waals surface area (Å²) in [6, 6.07) is 12.6. The first kappa shape index (κ1) is 17.5. The lowest BCUT2D eigenvalue weighted by Gasteiger charge is -2.34. The van der Waals surface area contributed by atoms with Gasteiger partial charge in [0, 0.05) is 11.9 Å². The number of nitrogens with zero attached hydrogens (tertiary/aromatic N) is 3. The van der Waals surface area contributed by atoms with Crippen LogP contribution in [0.2, 0.25) is 0 Å². The van der Waals surface area contributed by atoms with Crippen LogP contribution in [0.15, 0.2) is 42.6 Å². The highest BCUT2D eigenvalue weighted by Crippen LogP contribution is 2.50. The molecule has 0 saturated carbocycles. The van der Waals surface area contributed by atoms with E-state index in [0.29, 0.717) is 11.8 Å². The van der Waals surface area contributed by atoms with Gasteiger partial charge in [-0.25, -0.2) is 9.97 Å². The van der Waals surface area contributed by atoms with Crippen LogP contribution in [0, 0.1) is 20.8 Å². The highest BCUT2D eigenvalue weighted by Gasteiger charge is 2.30. The molecule has 0 amide bonds. The Morgan fingerprint density at radius 1 is 0.889 bits per heavy atom. The van der Waals surface area contributed by atoms with Gasteiger partial charge in [-0.3, -0.25) is 0 Å². The standard InChI is InChI=1S/C23H25N3O/c1-14-12-17(23(4,5)6)13-15(2)20(14)26-18-8-7-11-24-21(18)27-22-19(26)10-9-16(3)25-22/h7-13H,1-6H3. The number of aromatic nitrogens is 2. The Labute approximate surface area is 160 Å². The molecule has 0 fully saturated rings. The molecule has 0 spiro atoms. The van der Waals surface area contributed by atoms with Gasteiger partial charge in [0.25, 0.3) is 0 Å². The van der Waals surface area contributed by atoms with Crippen molar-refractivity contribution in [1.82, 2.24) is 9.97 Å². The van der Waals surface area contributed by atoms with Crippen LogP contribution in [0.25, 0.3) is 0 Å².